The Labute approximate surface area is 125 Å². The van der Waals surface area contributed by atoms with Crippen LogP contribution in [0.2, 0.25) is 0 Å². The molecule has 4 heteroatoms. The number of piperazine rings is 1. The molecule has 120 valence electrons. The third-order valence-corrected chi connectivity index (χ3v) is 3.93. The number of hydrogen-bond donors (Lipinski definition) is 2. The van der Waals surface area contributed by atoms with Crippen LogP contribution in [0.25, 0.3) is 0 Å². The zero-order valence-electron chi connectivity index (χ0n) is 13.9. The molecule has 1 heterocycles. The molecular weight excluding hydrogens is 250 g/mol. The lowest BCUT2D eigenvalue weighted by molar-refractivity contribution is 0.0507. The Balaban J connectivity index is 2.07. The minimum atomic E-state index is -0.396. The van der Waals surface area contributed by atoms with Crippen molar-refractivity contribution in [2.75, 3.05) is 39.3 Å². The number of nitrogens with one attached hydrogen (secondary N) is 1. The van der Waals surface area contributed by atoms with Crippen LogP contribution in [0.5, 0.6) is 0 Å². The van der Waals surface area contributed by atoms with Crippen LogP contribution < -0.4 is 5.32 Å². The first-order valence-electron chi connectivity index (χ1n) is 8.36. The summed E-state index contributed by atoms with van der Waals surface area (Å²) in [5.74, 6) is 0.835. The van der Waals surface area contributed by atoms with Crippen LogP contribution in [0.3, 0.4) is 0 Å². The molecular formula is C16H35N3O. The lowest BCUT2D eigenvalue weighted by Gasteiger charge is -2.36. The van der Waals surface area contributed by atoms with Crippen molar-refractivity contribution in [2.45, 2.75) is 59.2 Å². The molecule has 0 bridgehead atoms. The summed E-state index contributed by atoms with van der Waals surface area (Å²) < 4.78 is 0. The number of rotatable bonds is 9. The van der Waals surface area contributed by atoms with Crippen LogP contribution in [0.4, 0.5) is 0 Å². The average molecular weight is 285 g/mol. The Kier molecular flexibility index (Phi) is 8.69. The molecule has 4 nitrogen and oxygen atoms in total. The zero-order valence-corrected chi connectivity index (χ0v) is 13.9. The maximum absolute atomic E-state index is 9.90. The normalized spacial score (nSPS) is 19.9. The van der Waals surface area contributed by atoms with Gasteiger partial charge in [-0.25, -0.2) is 0 Å². The van der Waals surface area contributed by atoms with E-state index < -0.39 is 6.23 Å². The van der Waals surface area contributed by atoms with Gasteiger partial charge in [-0.05, 0) is 32.7 Å². The van der Waals surface area contributed by atoms with E-state index in [2.05, 4.69) is 42.8 Å². The van der Waals surface area contributed by atoms with Gasteiger partial charge in [0.05, 0.1) is 0 Å². The van der Waals surface area contributed by atoms with Gasteiger partial charge in [-0.3, -0.25) is 10.2 Å². The second-order valence-electron chi connectivity index (χ2n) is 6.87. The summed E-state index contributed by atoms with van der Waals surface area (Å²) in [6.45, 7) is 15.2. The Morgan fingerprint density at radius 3 is 2.10 bits per heavy atom. The molecule has 0 aromatic heterocycles. The third-order valence-electron chi connectivity index (χ3n) is 3.93. The van der Waals surface area contributed by atoms with Crippen molar-refractivity contribution in [1.82, 2.24) is 15.1 Å². The van der Waals surface area contributed by atoms with E-state index >= 15 is 0 Å². The summed E-state index contributed by atoms with van der Waals surface area (Å²) in [4.78, 5) is 4.93. The van der Waals surface area contributed by atoms with Crippen molar-refractivity contribution in [3.8, 4) is 0 Å². The third kappa shape index (κ3) is 8.20. The van der Waals surface area contributed by atoms with E-state index in [1.807, 2.05) is 0 Å². The molecule has 20 heavy (non-hydrogen) atoms. The van der Waals surface area contributed by atoms with Crippen molar-refractivity contribution in [1.29, 1.82) is 0 Å². The highest BCUT2D eigenvalue weighted by molar-refractivity contribution is 4.74. The predicted octanol–water partition coefficient (Wildman–Crippen LogP) is 1.75. The number of nitrogens with zero attached hydrogens (tertiary/aromatic N) is 2. The SMILES string of the molecule is CC(C)CCCCN1CCN(CC(O)NC(C)C)CC1. The minimum Gasteiger partial charge on any atom is -0.377 e. The number of hydrogen-bond acceptors (Lipinski definition) is 4. The van der Waals surface area contributed by atoms with Crippen molar-refractivity contribution in [3.05, 3.63) is 0 Å². The molecule has 1 rings (SSSR count). The van der Waals surface area contributed by atoms with Crippen molar-refractivity contribution in [3.63, 3.8) is 0 Å². The molecule has 1 atom stereocenters. The fourth-order valence-corrected chi connectivity index (χ4v) is 2.77. The first-order valence-corrected chi connectivity index (χ1v) is 8.36. The Morgan fingerprint density at radius 2 is 1.55 bits per heavy atom. The Bertz CT molecular complexity index is 238. The van der Waals surface area contributed by atoms with Crippen molar-refractivity contribution >= 4 is 0 Å². The molecule has 0 aliphatic carbocycles. The summed E-state index contributed by atoms with van der Waals surface area (Å²) >= 11 is 0. The maximum atomic E-state index is 9.90. The number of β-amino-alcohol motifs (C(OH)–C–C–N with tert-alkyl or cyclic N) is 1. The summed E-state index contributed by atoms with van der Waals surface area (Å²) in [5, 5.41) is 13.1. The summed E-state index contributed by atoms with van der Waals surface area (Å²) in [7, 11) is 0. The van der Waals surface area contributed by atoms with Crippen molar-refractivity contribution < 1.29 is 5.11 Å². The Morgan fingerprint density at radius 1 is 0.950 bits per heavy atom. The largest absolute Gasteiger partial charge is 0.377 e. The maximum Gasteiger partial charge on any atom is 0.117 e. The molecule has 1 aliphatic heterocycles. The summed E-state index contributed by atoms with van der Waals surface area (Å²) in [6, 6.07) is 0.340. The molecule has 1 unspecified atom stereocenters. The highest BCUT2D eigenvalue weighted by Gasteiger charge is 2.18. The molecule has 1 fully saturated rings. The second-order valence-corrected chi connectivity index (χ2v) is 6.87. The van der Waals surface area contributed by atoms with Crippen LogP contribution in [-0.4, -0.2) is 66.4 Å². The van der Waals surface area contributed by atoms with E-state index in [1.54, 1.807) is 0 Å². The number of aliphatic hydroxyl groups excluding tert-OH is 1. The topological polar surface area (TPSA) is 38.7 Å². The average Bonchev–Trinajstić information content (AvgIpc) is 2.35. The molecule has 0 amide bonds. The summed E-state index contributed by atoms with van der Waals surface area (Å²) in [6.07, 6.45) is 3.64. The molecule has 1 aliphatic rings. The van der Waals surface area contributed by atoms with E-state index in [0.29, 0.717) is 6.04 Å². The quantitative estimate of drug-likeness (QED) is 0.500. The second kappa shape index (κ2) is 9.72. The van der Waals surface area contributed by atoms with Crippen LogP contribution >= 0.6 is 0 Å². The minimum absolute atomic E-state index is 0.340. The van der Waals surface area contributed by atoms with Gasteiger partial charge in [-0.1, -0.05) is 26.7 Å². The molecule has 0 aromatic carbocycles. The zero-order chi connectivity index (χ0) is 15.0. The highest BCUT2D eigenvalue weighted by atomic mass is 16.3. The number of unbranched alkanes of at least 4 members (excludes halogenated alkanes) is 1. The molecule has 1 saturated heterocycles. The van der Waals surface area contributed by atoms with Crippen molar-refractivity contribution in [2.24, 2.45) is 5.92 Å². The van der Waals surface area contributed by atoms with Crippen LogP contribution in [0.1, 0.15) is 47.0 Å². The van der Waals surface area contributed by atoms with Crippen LogP contribution in [-0.2, 0) is 0 Å². The Hall–Kier alpha value is -0.160. The van der Waals surface area contributed by atoms with Gasteiger partial charge in [-0.15, -0.1) is 0 Å². The molecule has 0 saturated carbocycles. The molecule has 2 N–H and O–H groups in total. The lowest BCUT2D eigenvalue weighted by Crippen LogP contribution is -2.51. The van der Waals surface area contributed by atoms with Gasteiger partial charge in [0, 0.05) is 38.8 Å². The van der Waals surface area contributed by atoms with E-state index in [0.717, 1.165) is 38.6 Å². The first kappa shape index (κ1) is 17.9. The van der Waals surface area contributed by atoms with Gasteiger partial charge in [0.2, 0.25) is 0 Å². The van der Waals surface area contributed by atoms with Gasteiger partial charge >= 0.3 is 0 Å². The van der Waals surface area contributed by atoms with E-state index in [9.17, 15) is 5.11 Å². The monoisotopic (exact) mass is 285 g/mol. The number of aliphatic hydroxyl groups is 1. The van der Waals surface area contributed by atoms with Crippen LogP contribution in [0, 0.1) is 5.92 Å². The molecule has 0 radical (unpaired) electrons. The molecule has 0 spiro atoms. The first-order chi connectivity index (χ1) is 9.47. The van der Waals surface area contributed by atoms with Gasteiger partial charge in [-0.2, -0.15) is 0 Å². The lowest BCUT2D eigenvalue weighted by atomic mass is 10.1. The summed E-state index contributed by atoms with van der Waals surface area (Å²) in [5.41, 5.74) is 0. The highest BCUT2D eigenvalue weighted by Crippen LogP contribution is 2.09. The standard InChI is InChI=1S/C16H35N3O/c1-14(2)7-5-6-8-18-9-11-19(12-10-18)13-16(20)17-15(3)4/h14-17,20H,5-13H2,1-4H3. The predicted molar refractivity (Wildman–Crippen MR) is 85.8 cm³/mol. The van der Waals surface area contributed by atoms with Gasteiger partial charge in [0.1, 0.15) is 6.23 Å². The smallest absolute Gasteiger partial charge is 0.117 e. The van der Waals surface area contributed by atoms with E-state index in [-0.39, 0.29) is 0 Å². The van der Waals surface area contributed by atoms with Gasteiger partial charge in [0.25, 0.3) is 0 Å². The van der Waals surface area contributed by atoms with Gasteiger partial charge in [0.15, 0.2) is 0 Å². The fraction of sp³-hybridized carbons (Fsp3) is 1.00. The molecule has 0 aromatic rings. The van der Waals surface area contributed by atoms with Crippen LogP contribution in [0.15, 0.2) is 0 Å². The van der Waals surface area contributed by atoms with E-state index in [1.165, 1.54) is 25.8 Å². The van der Waals surface area contributed by atoms with Gasteiger partial charge < -0.3 is 10.0 Å². The fourth-order valence-electron chi connectivity index (χ4n) is 2.77. The van der Waals surface area contributed by atoms with E-state index in [4.69, 9.17) is 0 Å².